The van der Waals surface area contributed by atoms with Crippen LogP contribution in [0.4, 0.5) is 11.4 Å². The molecule has 1 amide bonds. The maximum atomic E-state index is 12.4. The Kier molecular flexibility index (Phi) is 5.59. The zero-order valence-electron chi connectivity index (χ0n) is 14.3. The van der Waals surface area contributed by atoms with Crippen LogP contribution in [0.25, 0.3) is 0 Å². The number of rotatable bonds is 5. The summed E-state index contributed by atoms with van der Waals surface area (Å²) in [5.41, 5.74) is 1.13. The summed E-state index contributed by atoms with van der Waals surface area (Å²) >= 11 is 5.78. The van der Waals surface area contributed by atoms with E-state index in [0.717, 1.165) is 0 Å². The zero-order chi connectivity index (χ0) is 20.1. The Morgan fingerprint density at radius 1 is 1.04 bits per heavy atom. The molecule has 0 spiro atoms. The van der Waals surface area contributed by atoms with Gasteiger partial charge < -0.3 is 5.32 Å². The Hall–Kier alpha value is -3.41. The van der Waals surface area contributed by atoms with Crippen molar-refractivity contribution in [3.63, 3.8) is 0 Å². The van der Waals surface area contributed by atoms with Crippen molar-refractivity contribution in [3.05, 3.63) is 83.1 Å². The Morgan fingerprint density at radius 3 is 2.50 bits per heavy atom. The highest BCUT2D eigenvalue weighted by molar-refractivity contribution is 7.92. The van der Waals surface area contributed by atoms with E-state index < -0.39 is 15.9 Å². The summed E-state index contributed by atoms with van der Waals surface area (Å²) < 4.78 is 27.3. The van der Waals surface area contributed by atoms with Gasteiger partial charge in [-0.1, -0.05) is 17.7 Å². The summed E-state index contributed by atoms with van der Waals surface area (Å²) in [7, 11) is -3.86. The molecule has 0 aliphatic carbocycles. The van der Waals surface area contributed by atoms with Crippen molar-refractivity contribution in [2.75, 3.05) is 10.0 Å². The molecule has 2 N–H and O–H groups in total. The predicted octanol–water partition coefficient (Wildman–Crippen LogP) is 3.66. The smallest absolute Gasteiger partial charge is 0.261 e. The molecule has 1 heterocycles. The molecule has 1 aromatic heterocycles. The van der Waals surface area contributed by atoms with Crippen LogP contribution in [0.3, 0.4) is 0 Å². The number of sulfonamides is 1. The zero-order valence-corrected chi connectivity index (χ0v) is 15.8. The Morgan fingerprint density at radius 2 is 1.79 bits per heavy atom. The summed E-state index contributed by atoms with van der Waals surface area (Å²) in [5, 5.41) is 12.0. The highest BCUT2D eigenvalue weighted by Crippen LogP contribution is 2.19. The third-order valence-corrected chi connectivity index (χ3v) is 5.28. The molecule has 28 heavy (non-hydrogen) atoms. The molecule has 3 rings (SSSR count). The number of amides is 1. The standard InChI is InChI=1S/C19H13ClN4O3S/c20-15-4-6-18(7-5-15)28(26,27)24-17-9-14(11-22-12-17)19(25)23-16-3-1-2-13(8-16)10-21/h1-9,11-12,24H,(H,23,25). The van der Waals surface area contributed by atoms with Gasteiger partial charge in [-0.2, -0.15) is 5.26 Å². The molecular formula is C19H13ClN4O3S. The first-order valence-electron chi connectivity index (χ1n) is 7.92. The monoisotopic (exact) mass is 412 g/mol. The van der Waals surface area contributed by atoms with E-state index in [1.165, 1.54) is 48.8 Å². The first kappa shape index (κ1) is 19.4. The van der Waals surface area contributed by atoms with Crippen LogP contribution in [-0.2, 0) is 10.0 Å². The molecule has 0 fully saturated rings. The fourth-order valence-corrected chi connectivity index (χ4v) is 3.48. The number of nitrogens with zero attached hydrogens (tertiary/aromatic N) is 2. The van der Waals surface area contributed by atoms with Crippen molar-refractivity contribution in [1.82, 2.24) is 4.98 Å². The van der Waals surface area contributed by atoms with E-state index in [4.69, 9.17) is 16.9 Å². The van der Waals surface area contributed by atoms with Crippen LogP contribution < -0.4 is 10.0 Å². The van der Waals surface area contributed by atoms with Gasteiger partial charge in [0.15, 0.2) is 0 Å². The molecular weight excluding hydrogens is 400 g/mol. The van der Waals surface area contributed by atoms with Crippen molar-refractivity contribution >= 4 is 38.9 Å². The average Bonchev–Trinajstić information content (AvgIpc) is 2.68. The van der Waals surface area contributed by atoms with Gasteiger partial charge >= 0.3 is 0 Å². The van der Waals surface area contributed by atoms with Gasteiger partial charge in [0, 0.05) is 16.9 Å². The number of nitriles is 1. The van der Waals surface area contributed by atoms with Gasteiger partial charge in [0.2, 0.25) is 0 Å². The number of benzene rings is 2. The molecule has 9 heteroatoms. The number of hydrogen-bond acceptors (Lipinski definition) is 5. The Labute approximate surface area is 166 Å². The van der Waals surface area contributed by atoms with Gasteiger partial charge in [0.25, 0.3) is 15.9 Å². The lowest BCUT2D eigenvalue weighted by atomic mass is 10.2. The molecule has 0 atom stereocenters. The van der Waals surface area contributed by atoms with Gasteiger partial charge in [-0.3, -0.25) is 14.5 Å². The fourth-order valence-electron chi connectivity index (χ4n) is 2.32. The summed E-state index contributed by atoms with van der Waals surface area (Å²) in [4.78, 5) is 16.4. The highest BCUT2D eigenvalue weighted by atomic mass is 35.5. The minimum atomic E-state index is -3.86. The van der Waals surface area contributed by atoms with Gasteiger partial charge in [-0.15, -0.1) is 0 Å². The lowest BCUT2D eigenvalue weighted by Crippen LogP contribution is -2.15. The van der Waals surface area contributed by atoms with Gasteiger partial charge in [0.05, 0.1) is 34.0 Å². The molecule has 7 nitrogen and oxygen atoms in total. The van der Waals surface area contributed by atoms with E-state index in [-0.39, 0.29) is 16.1 Å². The van der Waals surface area contributed by atoms with Crippen molar-refractivity contribution in [3.8, 4) is 6.07 Å². The molecule has 0 bridgehead atoms. The summed E-state index contributed by atoms with van der Waals surface area (Å²) in [5.74, 6) is -0.491. The van der Waals surface area contributed by atoms with Crippen molar-refractivity contribution in [2.45, 2.75) is 4.90 Å². The molecule has 0 saturated heterocycles. The molecule has 3 aromatic rings. The lowest BCUT2D eigenvalue weighted by Gasteiger charge is -2.10. The van der Waals surface area contributed by atoms with E-state index in [1.807, 2.05) is 6.07 Å². The number of carbonyl (C=O) groups is 1. The van der Waals surface area contributed by atoms with Crippen LogP contribution >= 0.6 is 11.6 Å². The predicted molar refractivity (Wildman–Crippen MR) is 106 cm³/mol. The molecule has 0 saturated carbocycles. The van der Waals surface area contributed by atoms with Crippen LogP contribution in [0, 0.1) is 11.3 Å². The van der Waals surface area contributed by atoms with Crippen LogP contribution in [0.1, 0.15) is 15.9 Å². The Bertz CT molecular complexity index is 1170. The minimum absolute atomic E-state index is 0.0278. The number of aromatic nitrogens is 1. The average molecular weight is 413 g/mol. The minimum Gasteiger partial charge on any atom is -0.322 e. The molecule has 0 aliphatic rings. The second-order valence-corrected chi connectivity index (χ2v) is 7.79. The quantitative estimate of drug-likeness (QED) is 0.664. The molecule has 140 valence electrons. The van der Waals surface area contributed by atoms with Gasteiger partial charge in [0.1, 0.15) is 0 Å². The fraction of sp³-hybridized carbons (Fsp3) is 0. The Balaban J connectivity index is 1.79. The first-order chi connectivity index (χ1) is 13.4. The van der Waals surface area contributed by atoms with E-state index in [0.29, 0.717) is 16.3 Å². The van der Waals surface area contributed by atoms with E-state index >= 15 is 0 Å². The number of pyridine rings is 1. The van der Waals surface area contributed by atoms with Crippen LogP contribution in [0.5, 0.6) is 0 Å². The van der Waals surface area contributed by atoms with Crippen molar-refractivity contribution in [1.29, 1.82) is 5.26 Å². The normalized spacial score (nSPS) is 10.7. The number of nitrogens with one attached hydrogen (secondary N) is 2. The number of hydrogen-bond donors (Lipinski definition) is 2. The highest BCUT2D eigenvalue weighted by Gasteiger charge is 2.15. The van der Waals surface area contributed by atoms with Crippen molar-refractivity contribution < 1.29 is 13.2 Å². The maximum absolute atomic E-state index is 12.4. The summed E-state index contributed by atoms with van der Waals surface area (Å²) in [6, 6.07) is 15.4. The summed E-state index contributed by atoms with van der Waals surface area (Å²) in [6.45, 7) is 0. The third-order valence-electron chi connectivity index (χ3n) is 3.63. The molecule has 0 aliphatic heterocycles. The first-order valence-corrected chi connectivity index (χ1v) is 9.78. The second kappa shape index (κ2) is 8.08. The van der Waals surface area contributed by atoms with Crippen molar-refractivity contribution in [2.24, 2.45) is 0 Å². The van der Waals surface area contributed by atoms with Gasteiger partial charge in [-0.05, 0) is 48.5 Å². The topological polar surface area (TPSA) is 112 Å². The number of carbonyl (C=O) groups excluding carboxylic acids is 1. The van der Waals surface area contributed by atoms with Crippen LogP contribution in [0.15, 0.2) is 71.9 Å². The largest absolute Gasteiger partial charge is 0.322 e. The van der Waals surface area contributed by atoms with Crippen LogP contribution in [0.2, 0.25) is 5.02 Å². The van der Waals surface area contributed by atoms with E-state index in [9.17, 15) is 13.2 Å². The van der Waals surface area contributed by atoms with E-state index in [1.54, 1.807) is 18.2 Å². The molecule has 0 unspecified atom stereocenters. The van der Waals surface area contributed by atoms with Gasteiger partial charge in [-0.25, -0.2) is 8.42 Å². The van der Waals surface area contributed by atoms with E-state index in [2.05, 4.69) is 15.0 Å². The lowest BCUT2D eigenvalue weighted by molar-refractivity contribution is 0.102. The molecule has 0 radical (unpaired) electrons. The van der Waals surface area contributed by atoms with Crippen LogP contribution in [-0.4, -0.2) is 19.3 Å². The summed E-state index contributed by atoms with van der Waals surface area (Å²) in [6.07, 6.45) is 2.60. The maximum Gasteiger partial charge on any atom is 0.261 e. The molecule has 2 aromatic carbocycles. The number of anilines is 2. The third kappa shape index (κ3) is 4.65. The SMILES string of the molecule is N#Cc1cccc(NC(=O)c2cncc(NS(=O)(=O)c3ccc(Cl)cc3)c2)c1. The number of halogens is 1. The second-order valence-electron chi connectivity index (χ2n) is 5.67.